The Morgan fingerprint density at radius 2 is 1.50 bits per heavy atom. The normalized spacial score (nSPS) is 13.2. The maximum absolute atomic E-state index is 2.43. The fourth-order valence-corrected chi connectivity index (χ4v) is 3.27. The van der Waals surface area contributed by atoms with Crippen molar-refractivity contribution in [3.63, 3.8) is 0 Å². The largest absolute Gasteiger partial charge is 0.341 e. The summed E-state index contributed by atoms with van der Waals surface area (Å²) in [7, 11) is 0. The molecule has 1 aliphatic rings. The molecule has 0 radical (unpaired) electrons. The van der Waals surface area contributed by atoms with Gasteiger partial charge in [0, 0.05) is 17.9 Å². The van der Waals surface area contributed by atoms with Crippen molar-refractivity contribution in [2.24, 2.45) is 0 Å². The standard InChI is InChI=1S/C21H19N/c1-2-7-17(8-3-1)15-18-9-6-11-20(16-18)22-14-13-19-10-4-5-12-21(19)22/h1-12,16H,13-15H2. The molecule has 0 unspecified atom stereocenters. The first-order valence-electron chi connectivity index (χ1n) is 7.88. The van der Waals surface area contributed by atoms with Crippen LogP contribution in [0.3, 0.4) is 0 Å². The van der Waals surface area contributed by atoms with Gasteiger partial charge in [0.15, 0.2) is 0 Å². The van der Waals surface area contributed by atoms with Gasteiger partial charge in [0.05, 0.1) is 0 Å². The molecule has 1 nitrogen and oxygen atoms in total. The van der Waals surface area contributed by atoms with E-state index in [4.69, 9.17) is 0 Å². The van der Waals surface area contributed by atoms with Crippen molar-refractivity contribution in [3.05, 3.63) is 95.6 Å². The Bertz CT molecular complexity index is 777. The number of nitrogens with zero attached hydrogens (tertiary/aromatic N) is 1. The monoisotopic (exact) mass is 285 g/mol. The first-order chi connectivity index (χ1) is 10.9. The third-order valence-electron chi connectivity index (χ3n) is 4.36. The lowest BCUT2D eigenvalue weighted by molar-refractivity contribution is 0.995. The molecule has 4 rings (SSSR count). The molecular weight excluding hydrogens is 266 g/mol. The van der Waals surface area contributed by atoms with E-state index in [1.165, 1.54) is 28.1 Å². The highest BCUT2D eigenvalue weighted by atomic mass is 15.2. The van der Waals surface area contributed by atoms with Crippen LogP contribution in [0.1, 0.15) is 16.7 Å². The van der Waals surface area contributed by atoms with Crippen LogP contribution in [0, 0.1) is 0 Å². The van der Waals surface area contributed by atoms with E-state index in [0.717, 1.165) is 19.4 Å². The fraction of sp³-hybridized carbons (Fsp3) is 0.143. The average Bonchev–Trinajstić information content (AvgIpc) is 3.00. The summed E-state index contributed by atoms with van der Waals surface area (Å²) in [4.78, 5) is 2.43. The summed E-state index contributed by atoms with van der Waals surface area (Å²) in [6, 6.07) is 28.3. The van der Waals surface area contributed by atoms with Gasteiger partial charge in [-0.15, -0.1) is 0 Å². The molecule has 0 saturated carbocycles. The molecule has 0 amide bonds. The molecule has 108 valence electrons. The van der Waals surface area contributed by atoms with Gasteiger partial charge in [-0.1, -0.05) is 60.7 Å². The van der Waals surface area contributed by atoms with Crippen molar-refractivity contribution in [1.29, 1.82) is 0 Å². The summed E-state index contributed by atoms with van der Waals surface area (Å²) < 4.78 is 0. The third-order valence-corrected chi connectivity index (χ3v) is 4.36. The van der Waals surface area contributed by atoms with Crippen LogP contribution in [0.5, 0.6) is 0 Å². The van der Waals surface area contributed by atoms with E-state index in [1.54, 1.807) is 0 Å². The Balaban J connectivity index is 1.63. The van der Waals surface area contributed by atoms with E-state index in [-0.39, 0.29) is 0 Å². The quantitative estimate of drug-likeness (QED) is 0.656. The molecule has 0 saturated heterocycles. The van der Waals surface area contributed by atoms with Crippen LogP contribution in [-0.4, -0.2) is 6.54 Å². The number of anilines is 2. The Morgan fingerprint density at radius 1 is 0.727 bits per heavy atom. The van der Waals surface area contributed by atoms with Crippen LogP contribution >= 0.6 is 0 Å². The van der Waals surface area contributed by atoms with Gasteiger partial charge in [0.1, 0.15) is 0 Å². The number of rotatable bonds is 3. The molecule has 0 aliphatic carbocycles. The molecule has 0 aromatic heterocycles. The Hall–Kier alpha value is -2.54. The minimum Gasteiger partial charge on any atom is -0.341 e. The van der Waals surface area contributed by atoms with Crippen molar-refractivity contribution in [3.8, 4) is 0 Å². The topological polar surface area (TPSA) is 3.24 Å². The van der Waals surface area contributed by atoms with Crippen LogP contribution < -0.4 is 4.90 Å². The lowest BCUT2D eigenvalue weighted by atomic mass is 10.0. The number of hydrogen-bond donors (Lipinski definition) is 0. The van der Waals surface area contributed by atoms with Gasteiger partial charge in [-0.25, -0.2) is 0 Å². The highest BCUT2D eigenvalue weighted by Gasteiger charge is 2.19. The second kappa shape index (κ2) is 5.69. The molecule has 0 N–H and O–H groups in total. The Labute approximate surface area is 131 Å². The molecule has 0 fully saturated rings. The maximum Gasteiger partial charge on any atom is 0.0444 e. The van der Waals surface area contributed by atoms with Crippen LogP contribution in [0.25, 0.3) is 0 Å². The highest BCUT2D eigenvalue weighted by Crippen LogP contribution is 2.34. The van der Waals surface area contributed by atoms with Crippen LogP contribution in [0.2, 0.25) is 0 Å². The first-order valence-corrected chi connectivity index (χ1v) is 7.88. The molecule has 3 aromatic carbocycles. The zero-order valence-corrected chi connectivity index (χ0v) is 12.6. The molecule has 1 heteroatoms. The zero-order valence-electron chi connectivity index (χ0n) is 12.6. The molecule has 22 heavy (non-hydrogen) atoms. The number of para-hydroxylation sites is 1. The molecule has 0 bridgehead atoms. The SMILES string of the molecule is c1ccc(Cc2cccc(N3CCc4ccccc43)c2)cc1. The molecule has 0 spiro atoms. The van der Waals surface area contributed by atoms with Gasteiger partial charge >= 0.3 is 0 Å². The Morgan fingerprint density at radius 3 is 2.41 bits per heavy atom. The molecule has 1 heterocycles. The van der Waals surface area contributed by atoms with E-state index < -0.39 is 0 Å². The predicted molar refractivity (Wildman–Crippen MR) is 92.8 cm³/mol. The Kier molecular flexibility index (Phi) is 3.40. The van der Waals surface area contributed by atoms with Gasteiger partial charge in [0.2, 0.25) is 0 Å². The minimum absolute atomic E-state index is 0.990. The maximum atomic E-state index is 2.43. The van der Waals surface area contributed by atoms with Gasteiger partial charge in [-0.05, 0) is 47.7 Å². The van der Waals surface area contributed by atoms with Crippen molar-refractivity contribution >= 4 is 11.4 Å². The van der Waals surface area contributed by atoms with Crippen molar-refractivity contribution in [2.75, 3.05) is 11.4 Å². The van der Waals surface area contributed by atoms with E-state index in [9.17, 15) is 0 Å². The van der Waals surface area contributed by atoms with Crippen LogP contribution in [0.4, 0.5) is 11.4 Å². The third kappa shape index (κ3) is 2.50. The molecule has 0 atom stereocenters. The summed E-state index contributed by atoms with van der Waals surface area (Å²) in [5.74, 6) is 0. The fourth-order valence-electron chi connectivity index (χ4n) is 3.27. The summed E-state index contributed by atoms with van der Waals surface area (Å²) in [6.45, 7) is 1.08. The number of benzene rings is 3. The van der Waals surface area contributed by atoms with E-state index >= 15 is 0 Å². The summed E-state index contributed by atoms with van der Waals surface area (Å²) in [5.41, 5.74) is 6.85. The van der Waals surface area contributed by atoms with Gasteiger partial charge < -0.3 is 4.90 Å². The van der Waals surface area contributed by atoms with Gasteiger partial charge in [-0.2, -0.15) is 0 Å². The minimum atomic E-state index is 0.990. The lowest BCUT2D eigenvalue weighted by Gasteiger charge is -2.20. The zero-order chi connectivity index (χ0) is 14.8. The predicted octanol–water partition coefficient (Wildman–Crippen LogP) is 4.97. The smallest absolute Gasteiger partial charge is 0.0444 e. The second-order valence-corrected chi connectivity index (χ2v) is 5.86. The second-order valence-electron chi connectivity index (χ2n) is 5.86. The van der Waals surface area contributed by atoms with E-state index in [2.05, 4.69) is 83.8 Å². The van der Waals surface area contributed by atoms with Crippen LogP contribution in [0.15, 0.2) is 78.9 Å². The molecule has 3 aromatic rings. The average molecular weight is 285 g/mol. The van der Waals surface area contributed by atoms with Crippen molar-refractivity contribution in [1.82, 2.24) is 0 Å². The van der Waals surface area contributed by atoms with E-state index in [1.807, 2.05) is 0 Å². The number of hydrogen-bond acceptors (Lipinski definition) is 1. The first kappa shape index (κ1) is 13.1. The van der Waals surface area contributed by atoms with E-state index in [0.29, 0.717) is 0 Å². The summed E-state index contributed by atoms with van der Waals surface area (Å²) in [6.07, 6.45) is 2.13. The lowest BCUT2D eigenvalue weighted by Crippen LogP contribution is -2.13. The van der Waals surface area contributed by atoms with Crippen molar-refractivity contribution in [2.45, 2.75) is 12.8 Å². The molecular formula is C21H19N. The van der Waals surface area contributed by atoms with Crippen molar-refractivity contribution < 1.29 is 0 Å². The molecule has 1 aliphatic heterocycles. The number of fused-ring (bicyclic) bond motifs is 1. The summed E-state index contributed by atoms with van der Waals surface area (Å²) >= 11 is 0. The van der Waals surface area contributed by atoms with Crippen LogP contribution in [-0.2, 0) is 12.8 Å². The van der Waals surface area contributed by atoms with Gasteiger partial charge in [0.25, 0.3) is 0 Å². The summed E-state index contributed by atoms with van der Waals surface area (Å²) in [5, 5.41) is 0. The highest BCUT2D eigenvalue weighted by molar-refractivity contribution is 5.70. The van der Waals surface area contributed by atoms with Gasteiger partial charge in [-0.3, -0.25) is 0 Å².